The molecule has 0 heterocycles. The van der Waals surface area contributed by atoms with Crippen LogP contribution >= 0.6 is 11.6 Å². The summed E-state index contributed by atoms with van der Waals surface area (Å²) in [5.74, 6) is -0.0876. The van der Waals surface area contributed by atoms with Gasteiger partial charge in [-0.25, -0.2) is 0 Å². The molecule has 2 aromatic rings. The summed E-state index contributed by atoms with van der Waals surface area (Å²) in [6, 6.07) is 15.6. The highest BCUT2D eigenvalue weighted by molar-refractivity contribution is 6.30. The summed E-state index contributed by atoms with van der Waals surface area (Å²) in [7, 11) is 0. The summed E-state index contributed by atoms with van der Waals surface area (Å²) in [6.45, 7) is 4.33. The van der Waals surface area contributed by atoms with Gasteiger partial charge in [0.1, 0.15) is 6.04 Å². The molecule has 4 nitrogen and oxygen atoms in total. The van der Waals surface area contributed by atoms with Crippen LogP contribution in [0.15, 0.2) is 48.5 Å². The van der Waals surface area contributed by atoms with Crippen molar-refractivity contribution in [3.63, 3.8) is 0 Å². The third-order valence-corrected chi connectivity index (χ3v) is 6.65. The number of aryl methyl sites for hydroxylation is 2. The third-order valence-electron chi connectivity index (χ3n) is 6.42. The fourth-order valence-corrected chi connectivity index (χ4v) is 4.53. The summed E-state index contributed by atoms with van der Waals surface area (Å²) >= 11 is 6.16. The molecule has 3 rings (SSSR count). The minimum absolute atomic E-state index is 0.0177. The number of hydrogen-bond donors (Lipinski definition) is 1. The average Bonchev–Trinajstić information content (AvgIpc) is 2.81. The Morgan fingerprint density at radius 3 is 2.38 bits per heavy atom. The van der Waals surface area contributed by atoms with Gasteiger partial charge in [-0.2, -0.15) is 0 Å². The highest BCUT2D eigenvalue weighted by atomic mass is 35.5. The van der Waals surface area contributed by atoms with Crippen LogP contribution in [-0.2, 0) is 29.0 Å². The molecule has 0 spiro atoms. The predicted molar refractivity (Wildman–Crippen MR) is 131 cm³/mol. The lowest BCUT2D eigenvalue weighted by molar-refractivity contribution is -0.141. The molecule has 1 saturated carbocycles. The third kappa shape index (κ3) is 7.09. The second-order valence-corrected chi connectivity index (χ2v) is 9.28. The SMILES string of the molecule is CCc1ccc(CCC(=O)N(Cc2cccc(Cl)c2)[C@H](C)C(=O)NC2CCCCC2)cc1. The number of nitrogens with one attached hydrogen (secondary N) is 1. The average molecular weight is 455 g/mol. The van der Waals surface area contributed by atoms with Gasteiger partial charge in [0.15, 0.2) is 0 Å². The van der Waals surface area contributed by atoms with Gasteiger partial charge >= 0.3 is 0 Å². The van der Waals surface area contributed by atoms with Gasteiger partial charge in [-0.05, 0) is 61.4 Å². The van der Waals surface area contributed by atoms with Crippen molar-refractivity contribution in [2.75, 3.05) is 0 Å². The van der Waals surface area contributed by atoms with Gasteiger partial charge in [0.2, 0.25) is 11.8 Å². The normalized spacial score (nSPS) is 15.2. The van der Waals surface area contributed by atoms with E-state index >= 15 is 0 Å². The van der Waals surface area contributed by atoms with Crippen LogP contribution in [0, 0.1) is 0 Å². The lowest BCUT2D eigenvalue weighted by Gasteiger charge is -2.31. The Labute approximate surface area is 197 Å². The van der Waals surface area contributed by atoms with Gasteiger partial charge in [-0.1, -0.05) is 74.2 Å². The van der Waals surface area contributed by atoms with Gasteiger partial charge < -0.3 is 10.2 Å². The van der Waals surface area contributed by atoms with E-state index in [-0.39, 0.29) is 17.9 Å². The molecule has 32 heavy (non-hydrogen) atoms. The molecule has 0 radical (unpaired) electrons. The van der Waals surface area contributed by atoms with Crippen LogP contribution < -0.4 is 5.32 Å². The van der Waals surface area contributed by atoms with Gasteiger partial charge in [0.05, 0.1) is 0 Å². The number of benzene rings is 2. The van der Waals surface area contributed by atoms with Crippen molar-refractivity contribution >= 4 is 23.4 Å². The standard InChI is InChI=1S/C27H35ClN2O2/c1-3-21-12-14-22(15-13-21)16-17-26(31)30(19-23-8-7-9-24(28)18-23)20(2)27(32)29-25-10-5-4-6-11-25/h7-9,12-15,18,20,25H,3-6,10-11,16-17,19H2,1-2H3,(H,29,32)/t20-/m1/s1. The topological polar surface area (TPSA) is 49.4 Å². The van der Waals surface area contributed by atoms with E-state index in [1.54, 1.807) is 4.90 Å². The minimum Gasteiger partial charge on any atom is -0.352 e. The van der Waals surface area contributed by atoms with E-state index in [0.717, 1.165) is 43.2 Å². The maximum atomic E-state index is 13.3. The zero-order chi connectivity index (χ0) is 22.9. The Bertz CT molecular complexity index is 891. The number of rotatable bonds is 9. The number of hydrogen-bond acceptors (Lipinski definition) is 2. The van der Waals surface area contributed by atoms with Crippen LogP contribution in [-0.4, -0.2) is 28.8 Å². The van der Waals surface area contributed by atoms with E-state index < -0.39 is 6.04 Å². The summed E-state index contributed by atoms with van der Waals surface area (Å²) < 4.78 is 0. The second kappa shape index (κ2) is 12.1. The van der Waals surface area contributed by atoms with Crippen molar-refractivity contribution in [3.05, 3.63) is 70.2 Å². The lowest BCUT2D eigenvalue weighted by Crippen LogP contribution is -2.50. The first-order valence-electron chi connectivity index (χ1n) is 11.9. The minimum atomic E-state index is -0.536. The van der Waals surface area contributed by atoms with Crippen LogP contribution in [0.2, 0.25) is 5.02 Å². The molecule has 0 bridgehead atoms. The summed E-state index contributed by atoms with van der Waals surface area (Å²) in [5.41, 5.74) is 3.35. The number of carbonyl (C=O) groups excluding carboxylic acids is 2. The Morgan fingerprint density at radius 1 is 1.03 bits per heavy atom. The predicted octanol–water partition coefficient (Wildman–Crippen LogP) is 5.70. The highest BCUT2D eigenvalue weighted by Gasteiger charge is 2.28. The molecule has 1 aliphatic carbocycles. The van der Waals surface area contributed by atoms with Crippen LogP contribution in [0.25, 0.3) is 0 Å². The first-order valence-corrected chi connectivity index (χ1v) is 12.3. The molecule has 1 aliphatic rings. The smallest absolute Gasteiger partial charge is 0.242 e. The Kier molecular flexibility index (Phi) is 9.16. The van der Waals surface area contributed by atoms with E-state index in [0.29, 0.717) is 24.4 Å². The van der Waals surface area contributed by atoms with E-state index in [2.05, 4.69) is 36.5 Å². The number of carbonyl (C=O) groups is 2. The molecule has 0 unspecified atom stereocenters. The quantitative estimate of drug-likeness (QED) is 0.528. The van der Waals surface area contributed by atoms with Crippen molar-refractivity contribution < 1.29 is 9.59 Å². The number of amides is 2. The molecular weight excluding hydrogens is 420 g/mol. The molecular formula is C27H35ClN2O2. The fourth-order valence-electron chi connectivity index (χ4n) is 4.32. The maximum Gasteiger partial charge on any atom is 0.242 e. The summed E-state index contributed by atoms with van der Waals surface area (Å²) in [4.78, 5) is 28.0. The monoisotopic (exact) mass is 454 g/mol. The van der Waals surface area contributed by atoms with Crippen LogP contribution in [0.3, 0.4) is 0 Å². The molecule has 2 aromatic carbocycles. The maximum absolute atomic E-state index is 13.3. The zero-order valence-electron chi connectivity index (χ0n) is 19.3. The molecule has 1 N–H and O–H groups in total. The van der Waals surface area contributed by atoms with Gasteiger partial charge in [0.25, 0.3) is 0 Å². The largest absolute Gasteiger partial charge is 0.352 e. The summed E-state index contributed by atoms with van der Waals surface area (Å²) in [6.07, 6.45) is 7.62. The molecule has 172 valence electrons. The first-order chi connectivity index (χ1) is 15.5. The highest BCUT2D eigenvalue weighted by Crippen LogP contribution is 2.19. The van der Waals surface area contributed by atoms with Crippen LogP contribution in [0.4, 0.5) is 0 Å². The first kappa shape index (κ1) is 24.3. The van der Waals surface area contributed by atoms with Gasteiger partial charge in [0, 0.05) is 24.0 Å². The van der Waals surface area contributed by atoms with Crippen molar-refractivity contribution in [2.45, 2.75) is 83.8 Å². The molecule has 1 fully saturated rings. The molecule has 0 aliphatic heterocycles. The number of halogens is 1. The fraction of sp³-hybridized carbons (Fsp3) is 0.481. The van der Waals surface area contributed by atoms with Crippen molar-refractivity contribution in [1.82, 2.24) is 10.2 Å². The Morgan fingerprint density at radius 2 is 1.72 bits per heavy atom. The summed E-state index contributed by atoms with van der Waals surface area (Å²) in [5, 5.41) is 3.81. The van der Waals surface area contributed by atoms with E-state index in [4.69, 9.17) is 11.6 Å². The zero-order valence-corrected chi connectivity index (χ0v) is 20.0. The van der Waals surface area contributed by atoms with Crippen LogP contribution in [0.1, 0.15) is 69.1 Å². The number of nitrogens with zero attached hydrogens (tertiary/aromatic N) is 1. The Balaban J connectivity index is 1.69. The van der Waals surface area contributed by atoms with Gasteiger partial charge in [-0.3, -0.25) is 9.59 Å². The van der Waals surface area contributed by atoms with Gasteiger partial charge in [-0.15, -0.1) is 0 Å². The second-order valence-electron chi connectivity index (χ2n) is 8.84. The molecule has 0 saturated heterocycles. The van der Waals surface area contributed by atoms with E-state index in [1.165, 1.54) is 12.0 Å². The van der Waals surface area contributed by atoms with E-state index in [1.807, 2.05) is 31.2 Å². The Hall–Kier alpha value is -2.33. The van der Waals surface area contributed by atoms with Crippen molar-refractivity contribution in [1.29, 1.82) is 0 Å². The lowest BCUT2D eigenvalue weighted by atomic mass is 9.95. The van der Waals surface area contributed by atoms with Crippen molar-refractivity contribution in [3.8, 4) is 0 Å². The molecule has 1 atom stereocenters. The van der Waals surface area contributed by atoms with Crippen molar-refractivity contribution in [2.24, 2.45) is 0 Å². The molecule has 2 amide bonds. The molecule has 0 aromatic heterocycles. The van der Waals surface area contributed by atoms with E-state index in [9.17, 15) is 9.59 Å². The molecule has 5 heteroatoms. The van der Waals surface area contributed by atoms with Crippen LogP contribution in [0.5, 0.6) is 0 Å².